The van der Waals surface area contributed by atoms with E-state index < -0.39 is 18.1 Å². The van der Waals surface area contributed by atoms with Gasteiger partial charge >= 0.3 is 11.9 Å². The van der Waals surface area contributed by atoms with E-state index in [0.29, 0.717) is 12.8 Å². The van der Waals surface area contributed by atoms with Gasteiger partial charge in [0.1, 0.15) is 12.6 Å². The number of carbonyl (C=O) groups is 3. The van der Waals surface area contributed by atoms with Crippen molar-refractivity contribution in [3.8, 4) is 0 Å². The van der Waals surface area contributed by atoms with Crippen LogP contribution in [0.25, 0.3) is 0 Å². The zero-order chi connectivity index (χ0) is 42.8. The van der Waals surface area contributed by atoms with Crippen molar-refractivity contribution in [2.75, 3.05) is 41.0 Å². The Morgan fingerprint density at radius 2 is 0.914 bits per heavy atom. The van der Waals surface area contributed by atoms with Gasteiger partial charge in [0.25, 0.3) is 0 Å². The summed E-state index contributed by atoms with van der Waals surface area (Å²) in [6.45, 7) is 4.61. The second-order valence-electron chi connectivity index (χ2n) is 17.0. The van der Waals surface area contributed by atoms with Gasteiger partial charge in [-0.25, -0.2) is 0 Å². The smallest absolute Gasteiger partial charge is 0.306 e. The highest BCUT2D eigenvalue weighted by Gasteiger charge is 2.25. The number of quaternary nitrogens is 1. The molecule has 0 bridgehead atoms. The Kier molecular flexibility index (Phi) is 39.1. The van der Waals surface area contributed by atoms with Crippen LogP contribution in [0.5, 0.6) is 0 Å². The number of likely N-dealkylation sites (N-methyl/N-ethyl adjacent to an activating group) is 1. The third-order valence-electron chi connectivity index (χ3n) is 10.4. The average Bonchev–Trinajstić information content (AvgIpc) is 3.18. The SMILES string of the molecule is CCCCCC/C=C\C/C=C\CCCCCCCCCC(=O)OC(COCCC(C(=O)[O-])[N+](C)(C)C)COC(=O)CCCCCCC/C=C\C/C=C\CCCCCC. The van der Waals surface area contributed by atoms with E-state index in [1.807, 2.05) is 0 Å². The highest BCUT2D eigenvalue weighted by Crippen LogP contribution is 2.14. The largest absolute Gasteiger partial charge is 0.544 e. The maximum atomic E-state index is 12.7. The average molecular weight is 816 g/mol. The van der Waals surface area contributed by atoms with Gasteiger partial charge in [-0.3, -0.25) is 9.59 Å². The van der Waals surface area contributed by atoms with Crippen molar-refractivity contribution in [3.05, 3.63) is 48.6 Å². The van der Waals surface area contributed by atoms with Crippen LogP contribution >= 0.6 is 0 Å². The Balaban J connectivity index is 4.35. The first kappa shape index (κ1) is 55.3. The molecule has 0 rings (SSSR count). The lowest BCUT2D eigenvalue weighted by Crippen LogP contribution is -2.55. The van der Waals surface area contributed by atoms with Gasteiger partial charge in [0.15, 0.2) is 6.10 Å². The number of carbonyl (C=O) groups excluding carboxylic acids is 3. The molecule has 0 spiro atoms. The minimum absolute atomic E-state index is 0.0325. The number of ether oxygens (including phenoxy) is 3. The molecule has 0 aromatic rings. The lowest BCUT2D eigenvalue weighted by Gasteiger charge is -2.34. The summed E-state index contributed by atoms with van der Waals surface area (Å²) in [5.74, 6) is -1.76. The summed E-state index contributed by atoms with van der Waals surface area (Å²) in [6.07, 6.45) is 48.4. The first-order chi connectivity index (χ1) is 28.1. The van der Waals surface area contributed by atoms with Crippen LogP contribution < -0.4 is 5.11 Å². The zero-order valence-corrected chi connectivity index (χ0v) is 38.2. The van der Waals surface area contributed by atoms with Crippen LogP contribution in [0.15, 0.2) is 48.6 Å². The quantitative estimate of drug-likeness (QED) is 0.0262. The van der Waals surface area contributed by atoms with Crippen LogP contribution in [-0.2, 0) is 28.6 Å². The molecule has 0 aliphatic rings. The summed E-state index contributed by atoms with van der Waals surface area (Å²) >= 11 is 0. The first-order valence-corrected chi connectivity index (χ1v) is 23.7. The minimum atomic E-state index is -1.13. The standard InChI is InChI=1S/C50H89NO7/c1-6-8-10-12-14-16-18-20-22-24-25-27-29-31-33-35-37-39-41-49(53)58-46(44-56-43-42-47(50(54)55)51(3,4)5)45-57-48(52)40-38-36-34-32-30-28-26-23-21-19-17-15-13-11-9-7-2/h16-19,22-24,26,46-47H,6-15,20-21,25,27-45H2,1-5H3/b18-16-,19-17-,24-22-,26-23-. The molecule has 0 aromatic carbocycles. The number of carboxylic acid groups (broad SMARTS) is 1. The third kappa shape index (κ3) is 38.8. The monoisotopic (exact) mass is 816 g/mol. The van der Waals surface area contributed by atoms with Crippen molar-refractivity contribution < 1.29 is 38.2 Å². The lowest BCUT2D eigenvalue weighted by atomic mass is 10.1. The summed E-state index contributed by atoms with van der Waals surface area (Å²) in [7, 11) is 5.40. The van der Waals surface area contributed by atoms with Gasteiger partial charge in [0, 0.05) is 19.3 Å². The summed E-state index contributed by atoms with van der Waals surface area (Å²) in [4.78, 5) is 36.9. The van der Waals surface area contributed by atoms with Gasteiger partial charge < -0.3 is 28.6 Å². The fourth-order valence-corrected chi connectivity index (χ4v) is 6.72. The van der Waals surface area contributed by atoms with Crippen molar-refractivity contribution >= 4 is 17.9 Å². The molecule has 0 radical (unpaired) electrons. The van der Waals surface area contributed by atoms with Gasteiger partial charge in [-0.2, -0.15) is 0 Å². The van der Waals surface area contributed by atoms with E-state index in [4.69, 9.17) is 14.2 Å². The van der Waals surface area contributed by atoms with Crippen molar-refractivity contribution in [1.82, 2.24) is 0 Å². The van der Waals surface area contributed by atoms with Crippen LogP contribution in [0.2, 0.25) is 0 Å². The Labute approximate surface area is 356 Å². The van der Waals surface area contributed by atoms with Gasteiger partial charge in [0.05, 0.1) is 40.3 Å². The van der Waals surface area contributed by atoms with E-state index in [1.165, 1.54) is 89.9 Å². The number of hydrogen-bond donors (Lipinski definition) is 0. The molecule has 0 saturated carbocycles. The molecular weight excluding hydrogens is 727 g/mol. The van der Waals surface area contributed by atoms with Crippen LogP contribution in [0.1, 0.15) is 200 Å². The zero-order valence-electron chi connectivity index (χ0n) is 38.2. The molecule has 0 aliphatic heterocycles. The van der Waals surface area contributed by atoms with Crippen molar-refractivity contribution in [3.63, 3.8) is 0 Å². The van der Waals surface area contributed by atoms with E-state index in [1.54, 1.807) is 21.1 Å². The van der Waals surface area contributed by atoms with E-state index >= 15 is 0 Å². The van der Waals surface area contributed by atoms with Crippen LogP contribution in [0.4, 0.5) is 0 Å². The Bertz CT molecular complexity index is 1090. The minimum Gasteiger partial charge on any atom is -0.544 e. The van der Waals surface area contributed by atoms with E-state index in [2.05, 4.69) is 62.5 Å². The highest BCUT2D eigenvalue weighted by molar-refractivity contribution is 5.70. The van der Waals surface area contributed by atoms with Crippen molar-refractivity contribution in [2.24, 2.45) is 0 Å². The molecule has 8 heteroatoms. The molecule has 0 aromatic heterocycles. The van der Waals surface area contributed by atoms with E-state index in [0.717, 1.165) is 77.0 Å². The number of hydrogen-bond acceptors (Lipinski definition) is 7. The van der Waals surface area contributed by atoms with Crippen LogP contribution in [0, 0.1) is 0 Å². The Morgan fingerprint density at radius 3 is 1.33 bits per heavy atom. The molecule has 0 aliphatic carbocycles. The summed E-state index contributed by atoms with van der Waals surface area (Å²) in [5, 5.41) is 11.6. The van der Waals surface area contributed by atoms with Crippen molar-refractivity contribution in [1.29, 1.82) is 0 Å². The highest BCUT2D eigenvalue weighted by atomic mass is 16.6. The second-order valence-corrected chi connectivity index (χ2v) is 17.0. The fourth-order valence-electron chi connectivity index (χ4n) is 6.72. The molecular formula is C50H89NO7. The number of esters is 2. The molecule has 336 valence electrons. The fraction of sp³-hybridized carbons (Fsp3) is 0.780. The Morgan fingerprint density at radius 1 is 0.517 bits per heavy atom. The molecule has 0 amide bonds. The number of rotatable bonds is 42. The number of nitrogens with zero attached hydrogens (tertiary/aromatic N) is 1. The molecule has 2 atom stereocenters. The molecule has 58 heavy (non-hydrogen) atoms. The van der Waals surface area contributed by atoms with Gasteiger partial charge in [-0.05, 0) is 77.0 Å². The van der Waals surface area contributed by atoms with E-state index in [-0.39, 0.29) is 42.7 Å². The molecule has 2 unspecified atom stereocenters. The lowest BCUT2D eigenvalue weighted by molar-refractivity contribution is -0.889. The predicted octanol–water partition coefficient (Wildman–Crippen LogP) is 11.9. The van der Waals surface area contributed by atoms with Crippen LogP contribution in [-0.4, -0.2) is 75.5 Å². The predicted molar refractivity (Wildman–Crippen MR) is 240 cm³/mol. The molecule has 0 heterocycles. The summed E-state index contributed by atoms with van der Waals surface area (Å²) in [5.41, 5.74) is 0. The maximum absolute atomic E-state index is 12.7. The normalized spacial score (nSPS) is 13.3. The van der Waals surface area contributed by atoms with Crippen molar-refractivity contribution in [2.45, 2.75) is 212 Å². The van der Waals surface area contributed by atoms with E-state index in [9.17, 15) is 19.5 Å². The molecule has 0 saturated heterocycles. The molecule has 0 fully saturated rings. The number of carboxylic acids is 1. The third-order valence-corrected chi connectivity index (χ3v) is 10.4. The molecule has 8 nitrogen and oxygen atoms in total. The Hall–Kier alpha value is -2.71. The number of aliphatic carboxylic acids is 1. The van der Waals surface area contributed by atoms with Crippen LogP contribution in [0.3, 0.4) is 0 Å². The first-order valence-electron chi connectivity index (χ1n) is 23.7. The summed E-state index contributed by atoms with van der Waals surface area (Å²) < 4.78 is 17.2. The number of unbranched alkanes of at least 4 members (excludes halogenated alkanes) is 20. The maximum Gasteiger partial charge on any atom is 0.306 e. The van der Waals surface area contributed by atoms with Gasteiger partial charge in [-0.15, -0.1) is 0 Å². The summed E-state index contributed by atoms with van der Waals surface area (Å²) in [6, 6.07) is -0.730. The molecule has 0 N–H and O–H groups in total. The van der Waals surface area contributed by atoms with Gasteiger partial charge in [-0.1, -0.05) is 152 Å². The second kappa shape index (κ2) is 41.0. The topological polar surface area (TPSA) is 102 Å². The van der Waals surface area contributed by atoms with Gasteiger partial charge in [0.2, 0.25) is 0 Å². The number of allylic oxidation sites excluding steroid dienone is 8.